The molecule has 0 atom stereocenters. The van der Waals surface area contributed by atoms with Crippen molar-refractivity contribution in [3.05, 3.63) is 0 Å². The molecule has 1 aliphatic carbocycles. The number of hydrogen-bond acceptors (Lipinski definition) is 3. The summed E-state index contributed by atoms with van der Waals surface area (Å²) >= 11 is 0. The van der Waals surface area contributed by atoms with E-state index in [1.807, 2.05) is 0 Å². The third kappa shape index (κ3) is 3.59. The molecule has 10 heteroatoms. The maximum absolute atomic E-state index is 12.8. The van der Waals surface area contributed by atoms with Crippen LogP contribution in [0.3, 0.4) is 0 Å². The summed E-state index contributed by atoms with van der Waals surface area (Å²) in [6, 6.07) is 0. The second-order valence-electron chi connectivity index (χ2n) is 4.80. The summed E-state index contributed by atoms with van der Waals surface area (Å²) in [5, 5.41) is 8.36. The van der Waals surface area contributed by atoms with Crippen molar-refractivity contribution < 1.29 is 45.8 Å². The summed E-state index contributed by atoms with van der Waals surface area (Å²) in [5.41, 5.74) is -5.02. The van der Waals surface area contributed by atoms with E-state index in [4.69, 9.17) is 5.11 Å². The molecule has 4 nitrogen and oxygen atoms in total. The molecule has 0 heterocycles. The van der Waals surface area contributed by atoms with Crippen LogP contribution in [0.15, 0.2) is 0 Å². The largest absolute Gasteiger partial charge is 0.481 e. The second kappa shape index (κ2) is 5.72. The maximum Gasteiger partial charge on any atom is 0.438 e. The minimum absolute atomic E-state index is 0.123. The Kier molecular flexibility index (Phi) is 4.79. The molecule has 0 aromatic carbocycles. The Morgan fingerprint density at radius 2 is 1.43 bits per heavy atom. The Morgan fingerprint density at radius 1 is 1.00 bits per heavy atom. The molecule has 0 aromatic heterocycles. The molecule has 0 radical (unpaired) electrons. The third-order valence-electron chi connectivity index (χ3n) is 3.28. The summed E-state index contributed by atoms with van der Waals surface area (Å²) in [7, 11) is 0. The molecule has 0 saturated heterocycles. The average Bonchev–Trinajstić information content (AvgIpc) is 2.77. The summed E-state index contributed by atoms with van der Waals surface area (Å²) in [4.78, 5) is 21.9. The Hall–Kier alpha value is -1.48. The molecule has 0 spiro atoms. The van der Waals surface area contributed by atoms with E-state index in [9.17, 15) is 35.9 Å². The van der Waals surface area contributed by atoms with Crippen LogP contribution in [0.5, 0.6) is 0 Å². The minimum atomic E-state index is -6.09. The summed E-state index contributed by atoms with van der Waals surface area (Å²) < 4.78 is 80.6. The molecule has 0 aromatic rings. The molecule has 0 aliphatic heterocycles. The standard InChI is InChI=1S/C11H12F6O4/c12-10(13,14)9(5-7(18)19,11(15,16)17)21-8(20)6-3-1-2-4-6/h6H,1-5H2,(H,18,19). The van der Waals surface area contributed by atoms with Crippen LogP contribution < -0.4 is 0 Å². The number of carboxylic acids is 1. The van der Waals surface area contributed by atoms with E-state index in [2.05, 4.69) is 4.74 Å². The highest BCUT2D eigenvalue weighted by atomic mass is 19.4. The van der Waals surface area contributed by atoms with Crippen LogP contribution >= 0.6 is 0 Å². The van der Waals surface area contributed by atoms with Gasteiger partial charge in [0.25, 0.3) is 0 Å². The van der Waals surface area contributed by atoms with Crippen molar-refractivity contribution in [2.24, 2.45) is 5.92 Å². The molecule has 0 unspecified atom stereocenters. The highest BCUT2D eigenvalue weighted by molar-refractivity contribution is 5.75. The van der Waals surface area contributed by atoms with Crippen molar-refractivity contribution in [2.75, 3.05) is 0 Å². The van der Waals surface area contributed by atoms with Crippen molar-refractivity contribution in [3.8, 4) is 0 Å². The van der Waals surface area contributed by atoms with Gasteiger partial charge in [-0.2, -0.15) is 26.3 Å². The molecule has 1 N–H and O–H groups in total. The van der Waals surface area contributed by atoms with E-state index in [-0.39, 0.29) is 12.8 Å². The van der Waals surface area contributed by atoms with Gasteiger partial charge in [0.15, 0.2) is 0 Å². The molecule has 1 fully saturated rings. The highest BCUT2D eigenvalue weighted by Crippen LogP contribution is 2.49. The van der Waals surface area contributed by atoms with Gasteiger partial charge in [0, 0.05) is 0 Å². The fourth-order valence-corrected chi connectivity index (χ4v) is 2.14. The average molecular weight is 322 g/mol. The van der Waals surface area contributed by atoms with Crippen LogP contribution in [0.2, 0.25) is 0 Å². The monoisotopic (exact) mass is 322 g/mol. The zero-order valence-electron chi connectivity index (χ0n) is 10.6. The predicted octanol–water partition coefficient (Wildman–Crippen LogP) is 3.06. The molecule has 0 bridgehead atoms. The van der Waals surface area contributed by atoms with E-state index < -0.39 is 42.2 Å². The molecular formula is C11H12F6O4. The van der Waals surface area contributed by atoms with Crippen molar-refractivity contribution in [2.45, 2.75) is 50.1 Å². The molecule has 0 amide bonds. The van der Waals surface area contributed by atoms with Crippen LogP contribution in [0.1, 0.15) is 32.1 Å². The van der Waals surface area contributed by atoms with Gasteiger partial charge in [-0.25, -0.2) is 0 Å². The third-order valence-corrected chi connectivity index (χ3v) is 3.28. The van der Waals surface area contributed by atoms with Gasteiger partial charge in [0.1, 0.15) is 6.42 Å². The number of carbonyl (C=O) groups excluding carboxylic acids is 1. The van der Waals surface area contributed by atoms with Crippen molar-refractivity contribution >= 4 is 11.9 Å². The number of esters is 1. The number of rotatable bonds is 4. The molecule has 1 rings (SSSR count). The predicted molar refractivity (Wildman–Crippen MR) is 55.1 cm³/mol. The summed E-state index contributed by atoms with van der Waals surface area (Å²) in [6.07, 6.45) is -13.4. The van der Waals surface area contributed by atoms with Crippen molar-refractivity contribution in [3.63, 3.8) is 0 Å². The number of carbonyl (C=O) groups is 2. The summed E-state index contributed by atoms with van der Waals surface area (Å²) in [6.45, 7) is 0. The van der Waals surface area contributed by atoms with Gasteiger partial charge in [-0.15, -0.1) is 0 Å². The van der Waals surface area contributed by atoms with E-state index >= 15 is 0 Å². The number of ether oxygens (including phenoxy) is 1. The Bertz CT molecular complexity index is 394. The zero-order valence-corrected chi connectivity index (χ0v) is 10.6. The normalized spacial score (nSPS) is 17.8. The Morgan fingerprint density at radius 3 is 1.76 bits per heavy atom. The minimum Gasteiger partial charge on any atom is -0.481 e. The lowest BCUT2D eigenvalue weighted by Gasteiger charge is -2.36. The van der Waals surface area contributed by atoms with E-state index in [1.54, 1.807) is 0 Å². The van der Waals surface area contributed by atoms with Crippen LogP contribution in [0.25, 0.3) is 0 Å². The Labute approximate surface area is 115 Å². The van der Waals surface area contributed by atoms with E-state index in [0.29, 0.717) is 12.8 Å². The zero-order chi connectivity index (χ0) is 16.5. The first-order valence-electron chi connectivity index (χ1n) is 5.99. The van der Waals surface area contributed by atoms with E-state index in [0.717, 1.165) is 0 Å². The van der Waals surface area contributed by atoms with Gasteiger partial charge in [-0.1, -0.05) is 12.8 Å². The van der Waals surface area contributed by atoms with Gasteiger partial charge in [-0.3, -0.25) is 9.59 Å². The van der Waals surface area contributed by atoms with Crippen LogP contribution in [-0.4, -0.2) is 35.0 Å². The lowest BCUT2D eigenvalue weighted by molar-refractivity contribution is -0.370. The van der Waals surface area contributed by atoms with Gasteiger partial charge < -0.3 is 9.84 Å². The van der Waals surface area contributed by atoms with Crippen molar-refractivity contribution in [1.82, 2.24) is 0 Å². The van der Waals surface area contributed by atoms with Crippen molar-refractivity contribution in [1.29, 1.82) is 0 Å². The molecule has 1 saturated carbocycles. The first-order chi connectivity index (χ1) is 9.41. The van der Waals surface area contributed by atoms with Crippen LogP contribution in [0, 0.1) is 5.92 Å². The molecule has 21 heavy (non-hydrogen) atoms. The highest BCUT2D eigenvalue weighted by Gasteiger charge is 2.75. The summed E-state index contributed by atoms with van der Waals surface area (Å²) in [5.74, 6) is -5.10. The number of carboxylic acid groups (broad SMARTS) is 1. The fourth-order valence-electron chi connectivity index (χ4n) is 2.14. The quantitative estimate of drug-likeness (QED) is 0.638. The lowest BCUT2D eigenvalue weighted by Crippen LogP contribution is -2.61. The second-order valence-corrected chi connectivity index (χ2v) is 4.80. The van der Waals surface area contributed by atoms with Crippen LogP contribution in [-0.2, 0) is 14.3 Å². The fraction of sp³-hybridized carbons (Fsp3) is 0.818. The first-order valence-corrected chi connectivity index (χ1v) is 5.99. The Balaban J connectivity index is 3.15. The van der Waals surface area contributed by atoms with E-state index in [1.165, 1.54) is 0 Å². The first kappa shape index (κ1) is 17.6. The number of halogens is 6. The van der Waals surface area contributed by atoms with Gasteiger partial charge >= 0.3 is 29.9 Å². The smallest absolute Gasteiger partial charge is 0.438 e. The lowest BCUT2D eigenvalue weighted by atomic mass is 9.97. The van der Waals surface area contributed by atoms with Crippen LogP contribution in [0.4, 0.5) is 26.3 Å². The maximum atomic E-state index is 12.8. The topological polar surface area (TPSA) is 63.6 Å². The molecule has 1 aliphatic rings. The molecular weight excluding hydrogens is 310 g/mol. The van der Waals surface area contributed by atoms with Gasteiger partial charge in [0.2, 0.25) is 0 Å². The number of aliphatic carboxylic acids is 1. The number of hydrogen-bond donors (Lipinski definition) is 1. The van der Waals surface area contributed by atoms with Gasteiger partial charge in [-0.05, 0) is 12.8 Å². The number of alkyl halides is 6. The SMILES string of the molecule is O=C(O)CC(OC(=O)C1CCCC1)(C(F)(F)F)C(F)(F)F. The van der Waals surface area contributed by atoms with Gasteiger partial charge in [0.05, 0.1) is 5.92 Å². The molecule has 122 valence electrons.